The molecule has 0 aliphatic carbocycles. The molecule has 108 valence electrons. The third kappa shape index (κ3) is 10.7. The van der Waals surface area contributed by atoms with Crippen LogP contribution in [0.3, 0.4) is 0 Å². The summed E-state index contributed by atoms with van der Waals surface area (Å²) in [5.74, 6) is -3.92. The first kappa shape index (κ1) is 16.9. The Labute approximate surface area is 109 Å². The van der Waals surface area contributed by atoms with E-state index in [0.29, 0.717) is 0 Å². The quantitative estimate of drug-likeness (QED) is 0.522. The summed E-state index contributed by atoms with van der Waals surface area (Å²) in [5, 5.41) is 18.4. The van der Waals surface area contributed by atoms with Crippen molar-refractivity contribution in [3.63, 3.8) is 0 Å². The van der Waals surface area contributed by atoms with Gasteiger partial charge in [0.2, 0.25) is 0 Å². The maximum atomic E-state index is 11.1. The Balaban J connectivity index is 3.76. The molecule has 0 aromatic heterocycles. The van der Waals surface area contributed by atoms with Gasteiger partial charge in [-0.15, -0.1) is 0 Å². The van der Waals surface area contributed by atoms with Gasteiger partial charge in [0.25, 0.3) is 0 Å². The zero-order valence-electron chi connectivity index (χ0n) is 10.4. The number of carbonyl (C=O) groups is 4. The first-order valence-corrected chi connectivity index (χ1v) is 5.58. The lowest BCUT2D eigenvalue weighted by molar-refractivity contribution is -0.305. The number of carboxylic acid groups (broad SMARTS) is 2. The van der Waals surface area contributed by atoms with Gasteiger partial charge in [0.15, 0.2) is 0 Å². The zero-order valence-corrected chi connectivity index (χ0v) is 10.4. The summed E-state index contributed by atoms with van der Waals surface area (Å²) in [6.07, 6.45) is -2.09. The van der Waals surface area contributed by atoms with Crippen LogP contribution >= 0.6 is 0 Å². The number of carbonyl (C=O) groups excluding carboxylic acids is 3. The minimum absolute atomic E-state index is 0.213. The normalized spacial score (nSPS) is 11.4. The van der Waals surface area contributed by atoms with Crippen molar-refractivity contribution >= 4 is 23.9 Å². The Morgan fingerprint density at radius 3 is 2.16 bits per heavy atom. The summed E-state index contributed by atoms with van der Waals surface area (Å²) in [6, 6.07) is 0. The molecule has 0 radical (unpaired) electrons. The van der Waals surface area contributed by atoms with E-state index in [9.17, 15) is 24.3 Å². The predicted octanol–water partition coefficient (Wildman–Crippen LogP) is -1.14. The van der Waals surface area contributed by atoms with Crippen molar-refractivity contribution in [3.05, 3.63) is 0 Å². The molecule has 0 aliphatic heterocycles. The van der Waals surface area contributed by atoms with Gasteiger partial charge in [-0.25, -0.2) is 0 Å². The molecule has 0 bridgehead atoms. The minimum atomic E-state index is -1.36. The maximum absolute atomic E-state index is 11.1. The third-order valence-electron chi connectivity index (χ3n) is 1.89. The van der Waals surface area contributed by atoms with Gasteiger partial charge < -0.3 is 24.5 Å². The monoisotopic (exact) mass is 275 g/mol. The van der Waals surface area contributed by atoms with Gasteiger partial charge in [-0.1, -0.05) is 0 Å². The molecule has 0 aliphatic rings. The highest BCUT2D eigenvalue weighted by atomic mass is 16.6. The SMILES string of the molecule is CC(COC(=O)CCC(=O)O)OC(=O)CCC(=O)[O-]. The molecule has 8 nitrogen and oxygen atoms in total. The summed E-state index contributed by atoms with van der Waals surface area (Å²) < 4.78 is 9.43. The highest BCUT2D eigenvalue weighted by molar-refractivity contribution is 5.77. The molecule has 0 saturated heterocycles. The van der Waals surface area contributed by atoms with Crippen molar-refractivity contribution in [2.24, 2.45) is 0 Å². The van der Waals surface area contributed by atoms with Crippen LogP contribution in [0.4, 0.5) is 0 Å². The predicted molar refractivity (Wildman–Crippen MR) is 57.6 cm³/mol. The molecule has 0 aromatic rings. The zero-order chi connectivity index (χ0) is 14.8. The molecule has 0 spiro atoms. The van der Waals surface area contributed by atoms with Gasteiger partial charge in [0.1, 0.15) is 12.7 Å². The fraction of sp³-hybridized carbons (Fsp3) is 0.636. The second-order valence-electron chi connectivity index (χ2n) is 3.75. The molecule has 0 aromatic carbocycles. The lowest BCUT2D eigenvalue weighted by atomic mass is 10.3. The van der Waals surface area contributed by atoms with Crippen LogP contribution in [0.2, 0.25) is 0 Å². The summed E-state index contributed by atoms with van der Waals surface area (Å²) in [7, 11) is 0. The molecule has 0 rings (SSSR count). The number of ether oxygens (including phenoxy) is 2. The lowest BCUT2D eigenvalue weighted by Gasteiger charge is -2.13. The van der Waals surface area contributed by atoms with Gasteiger partial charge in [0.05, 0.1) is 19.3 Å². The average Bonchev–Trinajstić information content (AvgIpc) is 2.31. The fourth-order valence-electron chi connectivity index (χ4n) is 1.01. The molecule has 8 heteroatoms. The Hall–Kier alpha value is -2.12. The molecule has 1 unspecified atom stereocenters. The van der Waals surface area contributed by atoms with Crippen LogP contribution in [-0.2, 0) is 28.7 Å². The van der Waals surface area contributed by atoms with Gasteiger partial charge >= 0.3 is 17.9 Å². The van der Waals surface area contributed by atoms with Crippen LogP contribution in [-0.4, -0.2) is 41.7 Å². The van der Waals surface area contributed by atoms with E-state index in [1.54, 1.807) is 0 Å². The van der Waals surface area contributed by atoms with E-state index in [4.69, 9.17) is 9.84 Å². The number of carboxylic acids is 2. The largest absolute Gasteiger partial charge is 0.550 e. The molecule has 1 N–H and O–H groups in total. The maximum Gasteiger partial charge on any atom is 0.306 e. The molecule has 19 heavy (non-hydrogen) atoms. The minimum Gasteiger partial charge on any atom is -0.550 e. The molecule has 1 atom stereocenters. The van der Waals surface area contributed by atoms with Gasteiger partial charge in [-0.3, -0.25) is 14.4 Å². The van der Waals surface area contributed by atoms with Crippen molar-refractivity contribution in [3.8, 4) is 0 Å². The van der Waals surface area contributed by atoms with Gasteiger partial charge in [0, 0.05) is 5.97 Å². The molecule has 0 saturated carbocycles. The number of hydrogen-bond donors (Lipinski definition) is 1. The third-order valence-corrected chi connectivity index (χ3v) is 1.89. The standard InChI is InChI=1S/C11H16O8/c1-7(19-11(17)5-3-9(14)15)6-18-10(16)4-2-8(12)13/h7H,2-6H2,1H3,(H,12,13)(H,14,15)/p-1. The summed E-state index contributed by atoms with van der Waals surface area (Å²) in [6.45, 7) is 1.25. The van der Waals surface area contributed by atoms with E-state index in [1.807, 2.05) is 0 Å². The van der Waals surface area contributed by atoms with E-state index in [0.717, 1.165) is 0 Å². The Morgan fingerprint density at radius 2 is 1.63 bits per heavy atom. The van der Waals surface area contributed by atoms with E-state index in [2.05, 4.69) is 4.74 Å². The molecular formula is C11H15O8-. The Bertz CT molecular complexity index is 349. The highest BCUT2D eigenvalue weighted by Crippen LogP contribution is 2.00. The van der Waals surface area contributed by atoms with Crippen LogP contribution in [0.5, 0.6) is 0 Å². The fourth-order valence-corrected chi connectivity index (χ4v) is 1.01. The Kier molecular flexibility index (Phi) is 7.90. The van der Waals surface area contributed by atoms with E-state index in [1.165, 1.54) is 6.92 Å². The highest BCUT2D eigenvalue weighted by Gasteiger charge is 2.13. The summed E-state index contributed by atoms with van der Waals surface area (Å²) >= 11 is 0. The Morgan fingerprint density at radius 1 is 1.05 bits per heavy atom. The van der Waals surface area contributed by atoms with E-state index < -0.39 is 36.4 Å². The number of hydrogen-bond acceptors (Lipinski definition) is 7. The molecule has 0 fully saturated rings. The molecule has 0 heterocycles. The van der Waals surface area contributed by atoms with Crippen molar-refractivity contribution in [1.29, 1.82) is 0 Å². The topological polar surface area (TPSA) is 130 Å². The van der Waals surface area contributed by atoms with Gasteiger partial charge in [-0.2, -0.15) is 0 Å². The van der Waals surface area contributed by atoms with Crippen molar-refractivity contribution in [2.45, 2.75) is 38.7 Å². The van der Waals surface area contributed by atoms with Crippen LogP contribution < -0.4 is 5.11 Å². The second kappa shape index (κ2) is 8.90. The number of rotatable bonds is 9. The van der Waals surface area contributed by atoms with Crippen LogP contribution in [0.25, 0.3) is 0 Å². The van der Waals surface area contributed by atoms with E-state index >= 15 is 0 Å². The number of aliphatic carboxylic acids is 2. The van der Waals surface area contributed by atoms with Gasteiger partial charge in [-0.05, 0) is 13.3 Å². The van der Waals surface area contributed by atoms with Crippen molar-refractivity contribution in [1.82, 2.24) is 0 Å². The first-order valence-electron chi connectivity index (χ1n) is 5.58. The first-order chi connectivity index (χ1) is 8.81. The van der Waals surface area contributed by atoms with Crippen LogP contribution in [0, 0.1) is 0 Å². The summed E-state index contributed by atoms with van der Waals surface area (Å²) in [4.78, 5) is 42.4. The molecule has 0 amide bonds. The average molecular weight is 275 g/mol. The van der Waals surface area contributed by atoms with E-state index in [-0.39, 0.29) is 25.9 Å². The van der Waals surface area contributed by atoms with Crippen molar-refractivity contribution < 1.29 is 38.9 Å². The second-order valence-corrected chi connectivity index (χ2v) is 3.75. The number of esters is 2. The van der Waals surface area contributed by atoms with Crippen molar-refractivity contribution in [2.75, 3.05) is 6.61 Å². The smallest absolute Gasteiger partial charge is 0.306 e. The van der Waals surface area contributed by atoms with Crippen LogP contribution in [0.1, 0.15) is 32.6 Å². The molecular weight excluding hydrogens is 260 g/mol. The lowest BCUT2D eigenvalue weighted by Crippen LogP contribution is -2.26. The van der Waals surface area contributed by atoms with Crippen LogP contribution in [0.15, 0.2) is 0 Å². The summed E-state index contributed by atoms with van der Waals surface area (Å²) in [5.41, 5.74) is 0.